The third kappa shape index (κ3) is 0.928. The molecule has 0 fully saturated rings. The molecule has 0 saturated carbocycles. The Morgan fingerprint density at radius 2 is 2.12 bits per heavy atom. The third-order valence-corrected chi connectivity index (χ3v) is 1.17. The van der Waals surface area contributed by atoms with Crippen LogP contribution in [0.1, 0.15) is 0 Å². The Bertz CT molecular complexity index is 175. The van der Waals surface area contributed by atoms with Crippen molar-refractivity contribution < 1.29 is 0 Å². The number of halogens is 2. The van der Waals surface area contributed by atoms with Gasteiger partial charge in [0.05, 0.1) is 0 Å². The van der Waals surface area contributed by atoms with Gasteiger partial charge in [-0.3, -0.25) is 0 Å². The van der Waals surface area contributed by atoms with E-state index in [-0.39, 0.29) is 5.28 Å². The van der Waals surface area contributed by atoms with E-state index in [9.17, 15) is 0 Å². The third-order valence-electron chi connectivity index (χ3n) is 0.684. The fourth-order valence-corrected chi connectivity index (χ4v) is 0.690. The quantitative estimate of drug-likeness (QED) is 0.557. The normalized spacial score (nSPS) is 9.88. The van der Waals surface area contributed by atoms with Crippen LogP contribution in [0.5, 0.6) is 0 Å². The molecule has 0 aliphatic rings. The van der Waals surface area contributed by atoms with Gasteiger partial charge in [0.15, 0.2) is 0 Å². The van der Waals surface area contributed by atoms with Crippen molar-refractivity contribution in [2.45, 2.75) is 0 Å². The lowest BCUT2D eigenvalue weighted by Crippen LogP contribution is -1.88. The second-order valence-electron chi connectivity index (χ2n) is 1.27. The molecule has 0 atom stereocenters. The van der Waals surface area contributed by atoms with E-state index < -0.39 is 0 Å². The second kappa shape index (κ2) is 1.91. The molecule has 0 radical (unpaired) electrons. The number of aryl methyl sites for hydroxylation is 1. The lowest BCUT2D eigenvalue weighted by Gasteiger charge is -1.81. The summed E-state index contributed by atoms with van der Waals surface area (Å²) in [5.74, 6) is 0. The van der Waals surface area contributed by atoms with Gasteiger partial charge in [0, 0.05) is 7.05 Å². The predicted molar refractivity (Wildman–Crippen MR) is 31.0 cm³/mol. The highest BCUT2D eigenvalue weighted by atomic mass is 35.5. The van der Waals surface area contributed by atoms with Gasteiger partial charge in [-0.1, -0.05) is 0 Å². The molecule has 0 N–H and O–H groups in total. The van der Waals surface area contributed by atoms with Crippen LogP contribution in [-0.2, 0) is 7.05 Å². The zero-order valence-corrected chi connectivity index (χ0v) is 5.61. The standard InChI is InChI=1S/C3H3Cl2N3/c1-8-3(5)6-2(4)7-8/h1H3. The van der Waals surface area contributed by atoms with Crippen LogP contribution in [0.2, 0.25) is 10.6 Å². The monoisotopic (exact) mass is 151 g/mol. The van der Waals surface area contributed by atoms with E-state index in [1.54, 1.807) is 7.05 Å². The van der Waals surface area contributed by atoms with Crippen LogP contribution in [0, 0.1) is 0 Å². The van der Waals surface area contributed by atoms with Gasteiger partial charge in [-0.15, -0.1) is 5.10 Å². The maximum Gasteiger partial charge on any atom is 0.243 e. The molecule has 0 bridgehead atoms. The molecule has 0 amide bonds. The van der Waals surface area contributed by atoms with Crippen LogP contribution in [0.15, 0.2) is 0 Å². The van der Waals surface area contributed by atoms with Crippen molar-refractivity contribution >= 4 is 23.2 Å². The highest BCUT2D eigenvalue weighted by Gasteiger charge is 1.98. The number of hydrogen-bond donors (Lipinski definition) is 0. The SMILES string of the molecule is Cn1nc(Cl)nc1Cl. The van der Waals surface area contributed by atoms with Gasteiger partial charge in [-0.25, -0.2) is 4.68 Å². The summed E-state index contributed by atoms with van der Waals surface area (Å²) in [5.41, 5.74) is 0. The summed E-state index contributed by atoms with van der Waals surface area (Å²) in [6.45, 7) is 0. The molecule has 0 saturated heterocycles. The van der Waals surface area contributed by atoms with Crippen LogP contribution >= 0.6 is 23.2 Å². The number of hydrogen-bond acceptors (Lipinski definition) is 2. The lowest BCUT2D eigenvalue weighted by molar-refractivity contribution is 0.767. The van der Waals surface area contributed by atoms with Crippen molar-refractivity contribution in [3.63, 3.8) is 0 Å². The van der Waals surface area contributed by atoms with Crippen LogP contribution in [-0.4, -0.2) is 14.8 Å². The van der Waals surface area contributed by atoms with Crippen molar-refractivity contribution in [3.8, 4) is 0 Å². The molecule has 1 aromatic heterocycles. The first-order valence-electron chi connectivity index (χ1n) is 1.92. The van der Waals surface area contributed by atoms with E-state index in [4.69, 9.17) is 23.2 Å². The summed E-state index contributed by atoms with van der Waals surface area (Å²) in [4.78, 5) is 3.59. The molecular weight excluding hydrogens is 149 g/mol. The molecular formula is C3H3Cl2N3. The number of rotatable bonds is 0. The van der Waals surface area contributed by atoms with Crippen molar-refractivity contribution in [2.24, 2.45) is 7.05 Å². The van der Waals surface area contributed by atoms with Gasteiger partial charge in [0.2, 0.25) is 10.6 Å². The molecule has 1 rings (SSSR count). The fourth-order valence-electron chi connectivity index (χ4n) is 0.336. The molecule has 0 spiro atoms. The van der Waals surface area contributed by atoms with Gasteiger partial charge in [0.1, 0.15) is 0 Å². The van der Waals surface area contributed by atoms with Crippen LogP contribution in [0.3, 0.4) is 0 Å². The van der Waals surface area contributed by atoms with E-state index in [0.717, 1.165) is 0 Å². The zero-order valence-electron chi connectivity index (χ0n) is 4.10. The minimum atomic E-state index is 0.178. The predicted octanol–water partition coefficient (Wildman–Crippen LogP) is 1.12. The van der Waals surface area contributed by atoms with Gasteiger partial charge in [-0.05, 0) is 23.2 Å². The van der Waals surface area contributed by atoms with E-state index in [1.807, 2.05) is 0 Å². The Labute approximate surface area is 56.2 Å². The first-order valence-corrected chi connectivity index (χ1v) is 2.68. The van der Waals surface area contributed by atoms with E-state index >= 15 is 0 Å². The summed E-state index contributed by atoms with van der Waals surface area (Å²) < 4.78 is 1.39. The largest absolute Gasteiger partial charge is 0.243 e. The average molecular weight is 152 g/mol. The Balaban J connectivity index is 3.14. The number of nitrogens with zero attached hydrogens (tertiary/aromatic N) is 3. The van der Waals surface area contributed by atoms with E-state index in [1.165, 1.54) is 4.68 Å². The minimum Gasteiger partial charge on any atom is -0.238 e. The summed E-state index contributed by atoms with van der Waals surface area (Å²) in [5, 5.41) is 4.13. The first-order chi connectivity index (χ1) is 3.70. The molecule has 1 aromatic rings. The molecule has 0 unspecified atom stereocenters. The summed E-state index contributed by atoms with van der Waals surface area (Å²) in [6, 6.07) is 0. The summed E-state index contributed by atoms with van der Waals surface area (Å²) in [7, 11) is 1.67. The van der Waals surface area contributed by atoms with Crippen molar-refractivity contribution in [3.05, 3.63) is 10.6 Å². The molecule has 1 heterocycles. The Morgan fingerprint density at radius 1 is 1.50 bits per heavy atom. The molecule has 5 heteroatoms. The van der Waals surface area contributed by atoms with Crippen molar-refractivity contribution in [2.75, 3.05) is 0 Å². The van der Waals surface area contributed by atoms with Crippen molar-refractivity contribution in [1.82, 2.24) is 14.8 Å². The second-order valence-corrected chi connectivity index (χ2v) is 1.95. The van der Waals surface area contributed by atoms with Gasteiger partial charge in [-0.2, -0.15) is 4.98 Å². The topological polar surface area (TPSA) is 30.7 Å². The Morgan fingerprint density at radius 3 is 2.25 bits per heavy atom. The lowest BCUT2D eigenvalue weighted by atomic mass is 11.2. The molecule has 0 aliphatic carbocycles. The van der Waals surface area contributed by atoms with Gasteiger partial charge >= 0.3 is 0 Å². The van der Waals surface area contributed by atoms with Crippen LogP contribution in [0.25, 0.3) is 0 Å². The molecule has 3 nitrogen and oxygen atoms in total. The van der Waals surface area contributed by atoms with E-state index in [0.29, 0.717) is 5.28 Å². The Kier molecular flexibility index (Phi) is 1.40. The highest BCUT2D eigenvalue weighted by Crippen LogP contribution is 2.05. The number of aromatic nitrogens is 3. The van der Waals surface area contributed by atoms with Gasteiger partial charge in [0.25, 0.3) is 0 Å². The molecule has 0 aromatic carbocycles. The van der Waals surface area contributed by atoms with Crippen LogP contribution < -0.4 is 0 Å². The van der Waals surface area contributed by atoms with Gasteiger partial charge < -0.3 is 0 Å². The maximum absolute atomic E-state index is 5.43. The summed E-state index contributed by atoms with van der Waals surface area (Å²) in [6.07, 6.45) is 0. The van der Waals surface area contributed by atoms with Crippen molar-refractivity contribution in [1.29, 1.82) is 0 Å². The Hall–Kier alpha value is -0.280. The minimum absolute atomic E-state index is 0.178. The maximum atomic E-state index is 5.43. The van der Waals surface area contributed by atoms with Crippen LogP contribution in [0.4, 0.5) is 0 Å². The molecule has 44 valence electrons. The smallest absolute Gasteiger partial charge is 0.238 e. The molecule has 0 aliphatic heterocycles. The fraction of sp³-hybridized carbons (Fsp3) is 0.333. The summed E-state index contributed by atoms with van der Waals surface area (Å²) >= 11 is 10.8. The van der Waals surface area contributed by atoms with E-state index in [2.05, 4.69) is 10.1 Å². The first kappa shape index (κ1) is 5.85. The average Bonchev–Trinajstić information content (AvgIpc) is 1.85. The highest BCUT2D eigenvalue weighted by molar-refractivity contribution is 6.31. The zero-order chi connectivity index (χ0) is 6.15. The molecule has 8 heavy (non-hydrogen) atoms.